The number of hydrogen-bond acceptors (Lipinski definition) is 3. The standard InChI is InChI=1S/C16H28N2O2S/c1-5-10-17-12-14-8-7-9-15(11-14)21(19,20)18-16(6-2)13(3)4/h7-9,11,13,16-18H,5-6,10,12H2,1-4H3. The zero-order valence-electron chi connectivity index (χ0n) is 13.5. The minimum Gasteiger partial charge on any atom is -0.313 e. The molecule has 0 spiro atoms. The van der Waals surface area contributed by atoms with Crippen LogP contribution in [0.1, 0.15) is 46.1 Å². The Bertz CT molecular complexity index is 527. The lowest BCUT2D eigenvalue weighted by Crippen LogP contribution is -2.38. The van der Waals surface area contributed by atoms with E-state index in [9.17, 15) is 8.42 Å². The van der Waals surface area contributed by atoms with Crippen molar-refractivity contribution < 1.29 is 8.42 Å². The molecule has 0 aromatic heterocycles. The molecule has 0 aliphatic heterocycles. The number of sulfonamides is 1. The predicted molar refractivity (Wildman–Crippen MR) is 87.7 cm³/mol. The van der Waals surface area contributed by atoms with E-state index in [0.717, 1.165) is 24.9 Å². The van der Waals surface area contributed by atoms with Gasteiger partial charge in [0, 0.05) is 12.6 Å². The molecule has 0 saturated carbocycles. The summed E-state index contributed by atoms with van der Waals surface area (Å²) in [5.74, 6) is 0.277. The van der Waals surface area contributed by atoms with Crippen molar-refractivity contribution in [1.82, 2.24) is 10.0 Å². The molecule has 1 aromatic carbocycles. The van der Waals surface area contributed by atoms with Crippen LogP contribution in [0.4, 0.5) is 0 Å². The molecule has 1 rings (SSSR count). The van der Waals surface area contributed by atoms with Crippen LogP contribution in [0.25, 0.3) is 0 Å². The first-order chi connectivity index (χ1) is 9.90. The Hall–Kier alpha value is -0.910. The Morgan fingerprint density at radius 1 is 1.19 bits per heavy atom. The summed E-state index contributed by atoms with van der Waals surface area (Å²) in [6.07, 6.45) is 1.85. The van der Waals surface area contributed by atoms with Gasteiger partial charge >= 0.3 is 0 Å². The highest BCUT2D eigenvalue weighted by Crippen LogP contribution is 2.15. The number of nitrogens with one attached hydrogen (secondary N) is 2. The first-order valence-corrected chi connectivity index (χ1v) is 9.21. The quantitative estimate of drug-likeness (QED) is 0.689. The van der Waals surface area contributed by atoms with Crippen molar-refractivity contribution >= 4 is 10.0 Å². The molecule has 0 heterocycles. The summed E-state index contributed by atoms with van der Waals surface area (Å²) in [7, 11) is -3.45. The molecule has 0 fully saturated rings. The monoisotopic (exact) mass is 312 g/mol. The molecule has 0 aliphatic rings. The molecule has 5 heteroatoms. The van der Waals surface area contributed by atoms with Crippen LogP contribution in [0, 0.1) is 5.92 Å². The summed E-state index contributed by atoms with van der Waals surface area (Å²) in [5, 5.41) is 3.28. The van der Waals surface area contributed by atoms with Crippen molar-refractivity contribution in [2.24, 2.45) is 5.92 Å². The molecule has 120 valence electrons. The van der Waals surface area contributed by atoms with Crippen LogP contribution in [0.15, 0.2) is 29.2 Å². The molecule has 0 radical (unpaired) electrons. The summed E-state index contributed by atoms with van der Waals surface area (Å²) in [4.78, 5) is 0.345. The fraction of sp³-hybridized carbons (Fsp3) is 0.625. The highest BCUT2D eigenvalue weighted by atomic mass is 32.2. The summed E-state index contributed by atoms with van der Waals surface area (Å²) in [5.41, 5.74) is 0.990. The predicted octanol–water partition coefficient (Wildman–Crippen LogP) is 2.90. The van der Waals surface area contributed by atoms with Gasteiger partial charge in [0.1, 0.15) is 0 Å². The average molecular weight is 312 g/mol. The van der Waals surface area contributed by atoms with Crippen LogP contribution in [0.3, 0.4) is 0 Å². The van der Waals surface area contributed by atoms with Crippen molar-refractivity contribution in [3.63, 3.8) is 0 Å². The van der Waals surface area contributed by atoms with E-state index in [1.165, 1.54) is 0 Å². The molecule has 0 saturated heterocycles. The van der Waals surface area contributed by atoms with Gasteiger partial charge in [0.05, 0.1) is 4.90 Å². The van der Waals surface area contributed by atoms with E-state index in [0.29, 0.717) is 11.4 Å². The van der Waals surface area contributed by atoms with E-state index >= 15 is 0 Å². The smallest absolute Gasteiger partial charge is 0.240 e. The Morgan fingerprint density at radius 3 is 2.48 bits per heavy atom. The van der Waals surface area contributed by atoms with E-state index in [4.69, 9.17) is 0 Å². The second-order valence-electron chi connectivity index (χ2n) is 5.70. The third-order valence-corrected chi connectivity index (χ3v) is 5.00. The number of rotatable bonds is 9. The first-order valence-electron chi connectivity index (χ1n) is 7.72. The molecule has 1 aromatic rings. The lowest BCUT2D eigenvalue weighted by molar-refractivity contribution is 0.437. The van der Waals surface area contributed by atoms with Crippen molar-refractivity contribution in [2.75, 3.05) is 6.54 Å². The highest BCUT2D eigenvalue weighted by molar-refractivity contribution is 7.89. The van der Waals surface area contributed by atoms with Gasteiger partial charge in [-0.05, 0) is 43.0 Å². The maximum atomic E-state index is 12.5. The van der Waals surface area contributed by atoms with Gasteiger partial charge in [-0.3, -0.25) is 0 Å². The van der Waals surface area contributed by atoms with Gasteiger partial charge in [-0.15, -0.1) is 0 Å². The van der Waals surface area contributed by atoms with E-state index in [-0.39, 0.29) is 12.0 Å². The van der Waals surface area contributed by atoms with Crippen LogP contribution in [0.2, 0.25) is 0 Å². The zero-order chi connectivity index (χ0) is 15.9. The lowest BCUT2D eigenvalue weighted by atomic mass is 10.0. The summed E-state index contributed by atoms with van der Waals surface area (Å²) >= 11 is 0. The Balaban J connectivity index is 2.85. The molecule has 21 heavy (non-hydrogen) atoms. The van der Waals surface area contributed by atoms with E-state index in [1.54, 1.807) is 18.2 Å². The second kappa shape index (κ2) is 8.51. The molecule has 4 nitrogen and oxygen atoms in total. The topological polar surface area (TPSA) is 58.2 Å². The minimum atomic E-state index is -3.45. The van der Waals surface area contributed by atoms with Gasteiger partial charge in [0.25, 0.3) is 0 Å². The summed E-state index contributed by atoms with van der Waals surface area (Å²) < 4.78 is 27.7. The van der Waals surface area contributed by atoms with Gasteiger partial charge in [-0.25, -0.2) is 13.1 Å². The molecule has 1 atom stereocenters. The van der Waals surface area contributed by atoms with Crippen LogP contribution in [0.5, 0.6) is 0 Å². The Kier molecular flexibility index (Phi) is 7.35. The normalized spacial score (nSPS) is 13.6. The van der Waals surface area contributed by atoms with Gasteiger partial charge in [0.15, 0.2) is 0 Å². The Labute approximate surface area is 129 Å². The number of benzene rings is 1. The molecular weight excluding hydrogens is 284 g/mol. The molecule has 1 unspecified atom stereocenters. The summed E-state index contributed by atoms with van der Waals surface area (Å²) in [6, 6.07) is 7.11. The van der Waals surface area contributed by atoms with Crippen LogP contribution in [-0.2, 0) is 16.6 Å². The van der Waals surface area contributed by atoms with Gasteiger partial charge < -0.3 is 5.32 Å². The average Bonchev–Trinajstić information content (AvgIpc) is 2.45. The van der Waals surface area contributed by atoms with E-state index in [1.807, 2.05) is 26.8 Å². The van der Waals surface area contributed by atoms with Crippen LogP contribution >= 0.6 is 0 Å². The lowest BCUT2D eigenvalue weighted by Gasteiger charge is -2.20. The van der Waals surface area contributed by atoms with Gasteiger partial charge in [-0.2, -0.15) is 0 Å². The molecule has 0 aliphatic carbocycles. The van der Waals surface area contributed by atoms with Crippen molar-refractivity contribution in [3.8, 4) is 0 Å². The van der Waals surface area contributed by atoms with Crippen LogP contribution in [-0.4, -0.2) is 21.0 Å². The maximum Gasteiger partial charge on any atom is 0.240 e. The van der Waals surface area contributed by atoms with E-state index < -0.39 is 10.0 Å². The third kappa shape index (κ3) is 5.77. The fourth-order valence-electron chi connectivity index (χ4n) is 2.19. The molecule has 0 amide bonds. The van der Waals surface area contributed by atoms with Crippen molar-refractivity contribution in [2.45, 2.75) is 58.0 Å². The highest BCUT2D eigenvalue weighted by Gasteiger charge is 2.21. The Morgan fingerprint density at radius 2 is 1.90 bits per heavy atom. The van der Waals surface area contributed by atoms with E-state index in [2.05, 4.69) is 17.0 Å². The molecule has 2 N–H and O–H groups in total. The van der Waals surface area contributed by atoms with Crippen LogP contribution < -0.4 is 10.0 Å². The fourth-order valence-corrected chi connectivity index (χ4v) is 3.73. The first kappa shape index (κ1) is 18.1. The van der Waals surface area contributed by atoms with Crippen molar-refractivity contribution in [1.29, 1.82) is 0 Å². The summed E-state index contributed by atoms with van der Waals surface area (Å²) in [6.45, 7) is 9.79. The zero-order valence-corrected chi connectivity index (χ0v) is 14.3. The van der Waals surface area contributed by atoms with Gasteiger partial charge in [-0.1, -0.05) is 39.8 Å². The SMILES string of the molecule is CCCNCc1cccc(S(=O)(=O)NC(CC)C(C)C)c1. The maximum absolute atomic E-state index is 12.5. The molecular formula is C16H28N2O2S. The minimum absolute atomic E-state index is 0.0307. The third-order valence-electron chi connectivity index (χ3n) is 3.52. The van der Waals surface area contributed by atoms with Crippen molar-refractivity contribution in [3.05, 3.63) is 29.8 Å². The number of hydrogen-bond donors (Lipinski definition) is 2. The largest absolute Gasteiger partial charge is 0.313 e. The molecule has 0 bridgehead atoms. The second-order valence-corrected chi connectivity index (χ2v) is 7.42. The van der Waals surface area contributed by atoms with Gasteiger partial charge in [0.2, 0.25) is 10.0 Å².